The summed E-state index contributed by atoms with van der Waals surface area (Å²) in [5.41, 5.74) is 1.94. The topological polar surface area (TPSA) is 29.1 Å². The molecule has 2 nitrogen and oxygen atoms in total. The number of hydrogen-bond acceptors (Lipinski definition) is 1. The van der Waals surface area contributed by atoms with Gasteiger partial charge in [-0.05, 0) is 53.5 Å². The molecule has 0 saturated heterocycles. The number of rotatable bonds is 2. The van der Waals surface area contributed by atoms with Crippen LogP contribution in [0.1, 0.15) is 12.5 Å². The van der Waals surface area contributed by atoms with Crippen molar-refractivity contribution in [2.24, 2.45) is 0 Å². The van der Waals surface area contributed by atoms with Gasteiger partial charge >= 0.3 is 0 Å². The summed E-state index contributed by atoms with van der Waals surface area (Å²) in [6, 6.07) is 5.79. The third-order valence-corrected chi connectivity index (χ3v) is 2.36. The van der Waals surface area contributed by atoms with E-state index in [4.69, 9.17) is 0 Å². The van der Waals surface area contributed by atoms with Gasteiger partial charge in [-0.15, -0.1) is 0 Å². The molecule has 0 aliphatic rings. The molecule has 0 bridgehead atoms. The summed E-state index contributed by atoms with van der Waals surface area (Å²) in [4.78, 5) is 11.2. The summed E-state index contributed by atoms with van der Waals surface area (Å²) < 4.78 is 0.898. The summed E-state index contributed by atoms with van der Waals surface area (Å²) in [5, 5.41) is 2.77. The minimum Gasteiger partial charge on any atom is -0.321 e. The lowest BCUT2D eigenvalue weighted by Gasteiger charge is -2.05. The van der Waals surface area contributed by atoms with Crippen LogP contribution < -0.4 is 5.32 Å². The van der Waals surface area contributed by atoms with E-state index in [1.807, 2.05) is 32.0 Å². The highest BCUT2D eigenvalue weighted by molar-refractivity contribution is 9.10. The largest absolute Gasteiger partial charge is 0.321 e. The van der Waals surface area contributed by atoms with Gasteiger partial charge in [0.1, 0.15) is 0 Å². The number of aryl methyl sites for hydroxylation is 1. The lowest BCUT2D eigenvalue weighted by atomic mass is 10.2. The van der Waals surface area contributed by atoms with Crippen molar-refractivity contribution in [2.75, 3.05) is 5.32 Å². The summed E-state index contributed by atoms with van der Waals surface area (Å²) in [6.45, 7) is 3.81. The first-order valence-corrected chi connectivity index (χ1v) is 5.12. The molecule has 0 aliphatic carbocycles. The number of anilines is 1. The smallest absolute Gasteiger partial charge is 0.248 e. The quantitative estimate of drug-likeness (QED) is 0.806. The van der Waals surface area contributed by atoms with E-state index in [9.17, 15) is 4.79 Å². The Bertz CT molecular complexity index is 372. The summed E-state index contributed by atoms with van der Waals surface area (Å²) >= 11 is 3.39. The van der Waals surface area contributed by atoms with Gasteiger partial charge in [0.05, 0.1) is 5.69 Å². The van der Waals surface area contributed by atoms with Gasteiger partial charge in [-0.25, -0.2) is 0 Å². The number of amides is 1. The average molecular weight is 254 g/mol. The van der Waals surface area contributed by atoms with Gasteiger partial charge in [0.25, 0.3) is 0 Å². The maximum absolute atomic E-state index is 11.2. The molecule has 1 aromatic rings. The minimum atomic E-state index is -0.114. The van der Waals surface area contributed by atoms with Gasteiger partial charge in [0.2, 0.25) is 5.91 Å². The predicted octanol–water partition coefficient (Wildman–Crippen LogP) is 3.27. The Morgan fingerprint density at radius 1 is 1.50 bits per heavy atom. The Morgan fingerprint density at radius 2 is 2.21 bits per heavy atom. The molecular formula is C11H12BrNO. The maximum atomic E-state index is 11.2. The highest BCUT2D eigenvalue weighted by Crippen LogP contribution is 2.23. The number of hydrogen-bond donors (Lipinski definition) is 1. The fourth-order valence-corrected chi connectivity index (χ4v) is 1.64. The number of carbonyl (C=O) groups is 1. The van der Waals surface area contributed by atoms with Crippen LogP contribution in [0.2, 0.25) is 0 Å². The third-order valence-electron chi connectivity index (χ3n) is 1.70. The first kappa shape index (κ1) is 11.0. The molecule has 0 radical (unpaired) electrons. The summed E-state index contributed by atoms with van der Waals surface area (Å²) in [6.07, 6.45) is 3.20. The number of carbonyl (C=O) groups excluding carboxylic acids is 1. The van der Waals surface area contributed by atoms with Crippen LogP contribution in [0.15, 0.2) is 34.8 Å². The molecule has 0 saturated carbocycles. The van der Waals surface area contributed by atoms with E-state index in [0.717, 1.165) is 15.7 Å². The molecule has 74 valence electrons. The van der Waals surface area contributed by atoms with E-state index < -0.39 is 0 Å². The van der Waals surface area contributed by atoms with Gasteiger partial charge < -0.3 is 5.32 Å². The van der Waals surface area contributed by atoms with Crippen LogP contribution in [0.3, 0.4) is 0 Å². The zero-order valence-electron chi connectivity index (χ0n) is 8.17. The van der Waals surface area contributed by atoms with Crippen molar-refractivity contribution in [1.29, 1.82) is 0 Å². The van der Waals surface area contributed by atoms with Crippen LogP contribution in [0.5, 0.6) is 0 Å². The average Bonchev–Trinajstić information content (AvgIpc) is 2.10. The number of nitrogens with one attached hydrogen (secondary N) is 1. The molecule has 0 unspecified atom stereocenters. The molecule has 0 aliphatic heterocycles. The minimum absolute atomic E-state index is 0.114. The monoisotopic (exact) mass is 253 g/mol. The molecule has 0 aromatic heterocycles. The normalized spacial score (nSPS) is 10.5. The van der Waals surface area contributed by atoms with Crippen molar-refractivity contribution in [3.63, 3.8) is 0 Å². The van der Waals surface area contributed by atoms with Crippen LogP contribution in [-0.2, 0) is 4.79 Å². The van der Waals surface area contributed by atoms with Crippen LogP contribution in [0, 0.1) is 6.92 Å². The Labute approximate surface area is 92.1 Å². The molecule has 3 heteroatoms. The second-order valence-electron chi connectivity index (χ2n) is 2.97. The zero-order chi connectivity index (χ0) is 10.6. The van der Waals surface area contributed by atoms with E-state index in [0.29, 0.717) is 0 Å². The summed E-state index contributed by atoms with van der Waals surface area (Å²) in [5.74, 6) is -0.114. The Kier molecular flexibility index (Phi) is 3.89. The van der Waals surface area contributed by atoms with E-state index in [1.54, 1.807) is 6.08 Å². The molecule has 0 fully saturated rings. The molecule has 0 heterocycles. The van der Waals surface area contributed by atoms with Crippen molar-refractivity contribution < 1.29 is 4.79 Å². The van der Waals surface area contributed by atoms with Crippen molar-refractivity contribution in [1.82, 2.24) is 0 Å². The van der Waals surface area contributed by atoms with Crippen LogP contribution >= 0.6 is 15.9 Å². The highest BCUT2D eigenvalue weighted by atomic mass is 79.9. The standard InChI is InChI=1S/C11H12BrNO/c1-3-4-11(14)13-10-6-5-8(2)7-9(10)12/h3-7H,1-2H3,(H,13,14). The van der Waals surface area contributed by atoms with Crippen molar-refractivity contribution in [3.8, 4) is 0 Å². The zero-order valence-corrected chi connectivity index (χ0v) is 9.76. The molecule has 0 spiro atoms. The van der Waals surface area contributed by atoms with E-state index >= 15 is 0 Å². The lowest BCUT2D eigenvalue weighted by molar-refractivity contribution is -0.111. The van der Waals surface area contributed by atoms with Crippen molar-refractivity contribution >= 4 is 27.5 Å². The van der Waals surface area contributed by atoms with E-state index in [1.165, 1.54) is 6.08 Å². The van der Waals surface area contributed by atoms with Gasteiger partial charge in [-0.2, -0.15) is 0 Å². The van der Waals surface area contributed by atoms with Crippen molar-refractivity contribution in [2.45, 2.75) is 13.8 Å². The van der Waals surface area contributed by atoms with Crippen LogP contribution in [0.25, 0.3) is 0 Å². The Balaban J connectivity index is 2.82. The maximum Gasteiger partial charge on any atom is 0.248 e. The third kappa shape index (κ3) is 3.00. The Morgan fingerprint density at radius 3 is 2.79 bits per heavy atom. The van der Waals surface area contributed by atoms with Crippen LogP contribution in [-0.4, -0.2) is 5.91 Å². The second-order valence-corrected chi connectivity index (χ2v) is 3.83. The molecule has 1 amide bonds. The number of benzene rings is 1. The van der Waals surface area contributed by atoms with Gasteiger partial charge in [0, 0.05) is 4.47 Å². The fraction of sp³-hybridized carbons (Fsp3) is 0.182. The van der Waals surface area contributed by atoms with Crippen LogP contribution in [0.4, 0.5) is 5.69 Å². The molecule has 1 aromatic carbocycles. The first-order chi connectivity index (χ1) is 6.63. The molecule has 1 rings (SSSR count). The first-order valence-electron chi connectivity index (χ1n) is 4.33. The predicted molar refractivity (Wildman–Crippen MR) is 62.3 cm³/mol. The van der Waals surface area contributed by atoms with Gasteiger partial charge in [0.15, 0.2) is 0 Å². The molecular weight excluding hydrogens is 242 g/mol. The summed E-state index contributed by atoms with van der Waals surface area (Å²) in [7, 11) is 0. The molecule has 14 heavy (non-hydrogen) atoms. The number of allylic oxidation sites excluding steroid dienone is 1. The van der Waals surface area contributed by atoms with E-state index in [-0.39, 0.29) is 5.91 Å². The van der Waals surface area contributed by atoms with Gasteiger partial charge in [-0.1, -0.05) is 12.1 Å². The molecule has 1 N–H and O–H groups in total. The van der Waals surface area contributed by atoms with Crippen molar-refractivity contribution in [3.05, 3.63) is 40.4 Å². The number of halogens is 1. The van der Waals surface area contributed by atoms with E-state index in [2.05, 4.69) is 21.2 Å². The highest BCUT2D eigenvalue weighted by Gasteiger charge is 2.01. The van der Waals surface area contributed by atoms with Gasteiger partial charge in [-0.3, -0.25) is 4.79 Å². The lowest BCUT2D eigenvalue weighted by Crippen LogP contribution is -2.08. The SMILES string of the molecule is CC=CC(=O)Nc1ccc(C)cc1Br. The second kappa shape index (κ2) is 4.96. The Hall–Kier alpha value is -1.09. The fourth-order valence-electron chi connectivity index (χ4n) is 1.05. The molecule has 0 atom stereocenters.